The van der Waals surface area contributed by atoms with Crippen molar-refractivity contribution in [2.45, 2.75) is 32.2 Å². The van der Waals surface area contributed by atoms with Crippen LogP contribution in [0.15, 0.2) is 24.8 Å². The van der Waals surface area contributed by atoms with Crippen molar-refractivity contribution in [2.75, 3.05) is 13.1 Å². The number of rotatable bonds is 3. The maximum absolute atomic E-state index is 4.54. The molecule has 2 aromatic rings. The molecular weight excluding hydrogens is 256 g/mol. The van der Waals surface area contributed by atoms with Crippen molar-refractivity contribution in [2.24, 2.45) is 0 Å². The first kappa shape index (κ1) is 12.7. The van der Waals surface area contributed by atoms with Gasteiger partial charge in [0.05, 0.1) is 10.7 Å². The molecule has 0 spiro atoms. The van der Waals surface area contributed by atoms with Crippen LogP contribution in [0.3, 0.4) is 0 Å². The molecule has 0 bridgehead atoms. The average Bonchev–Trinajstić information content (AvgIpc) is 2.87. The van der Waals surface area contributed by atoms with Crippen LogP contribution < -0.4 is 0 Å². The predicted octanol–water partition coefficient (Wildman–Crippen LogP) is 2.62. The molecule has 0 aromatic carbocycles. The van der Waals surface area contributed by atoms with Gasteiger partial charge in [0, 0.05) is 48.7 Å². The highest BCUT2D eigenvalue weighted by Gasteiger charge is 2.23. The second-order valence-electron chi connectivity index (χ2n) is 5.08. The van der Waals surface area contributed by atoms with Crippen LogP contribution >= 0.6 is 11.3 Å². The minimum absolute atomic E-state index is 0.587. The molecule has 0 N–H and O–H groups in total. The van der Waals surface area contributed by atoms with Crippen molar-refractivity contribution in [3.63, 3.8) is 0 Å². The molecule has 0 saturated carbocycles. The van der Waals surface area contributed by atoms with Gasteiger partial charge in [0.15, 0.2) is 0 Å². The number of nitrogens with zero attached hydrogens (tertiary/aromatic N) is 4. The Bertz CT molecular complexity index is 525. The third-order valence-electron chi connectivity index (χ3n) is 3.50. The minimum atomic E-state index is 0.587. The van der Waals surface area contributed by atoms with Crippen LogP contribution in [0.2, 0.25) is 0 Å². The van der Waals surface area contributed by atoms with Crippen LogP contribution in [0.25, 0.3) is 0 Å². The van der Waals surface area contributed by atoms with Crippen molar-refractivity contribution in [1.29, 1.82) is 0 Å². The average molecular weight is 274 g/mol. The fraction of sp³-hybridized carbons (Fsp3) is 0.500. The number of hydrogen-bond donors (Lipinski definition) is 0. The highest BCUT2D eigenvalue weighted by Crippen LogP contribution is 2.30. The zero-order valence-electron chi connectivity index (χ0n) is 11.1. The molecule has 4 nitrogen and oxygen atoms in total. The van der Waals surface area contributed by atoms with E-state index in [1.165, 1.54) is 22.7 Å². The summed E-state index contributed by atoms with van der Waals surface area (Å²) in [4.78, 5) is 16.8. The Morgan fingerprint density at radius 3 is 3.00 bits per heavy atom. The van der Waals surface area contributed by atoms with E-state index in [2.05, 4.69) is 26.8 Å². The molecule has 19 heavy (non-hydrogen) atoms. The summed E-state index contributed by atoms with van der Waals surface area (Å²) in [7, 11) is 0. The molecule has 2 aromatic heterocycles. The third-order valence-corrected chi connectivity index (χ3v) is 4.57. The summed E-state index contributed by atoms with van der Waals surface area (Å²) in [6.45, 7) is 5.26. The maximum Gasteiger partial charge on any atom is 0.0971 e. The van der Waals surface area contributed by atoms with E-state index in [4.69, 9.17) is 0 Å². The molecule has 0 radical (unpaired) electrons. The minimum Gasteiger partial charge on any atom is -0.297 e. The highest BCUT2D eigenvalue weighted by atomic mass is 32.1. The molecule has 0 aliphatic carbocycles. The van der Waals surface area contributed by atoms with Crippen LogP contribution in [0, 0.1) is 6.92 Å². The zero-order chi connectivity index (χ0) is 13.1. The lowest BCUT2D eigenvalue weighted by Gasteiger charge is -2.31. The van der Waals surface area contributed by atoms with Crippen molar-refractivity contribution >= 4 is 11.3 Å². The summed E-state index contributed by atoms with van der Waals surface area (Å²) >= 11 is 1.84. The van der Waals surface area contributed by atoms with Crippen molar-refractivity contribution < 1.29 is 0 Å². The molecule has 1 aliphatic heterocycles. The van der Waals surface area contributed by atoms with E-state index in [9.17, 15) is 0 Å². The molecule has 100 valence electrons. The zero-order valence-corrected chi connectivity index (χ0v) is 11.9. The smallest absolute Gasteiger partial charge is 0.0971 e. The number of aromatic nitrogens is 3. The molecule has 0 unspecified atom stereocenters. The molecule has 1 atom stereocenters. The first-order valence-electron chi connectivity index (χ1n) is 6.71. The largest absolute Gasteiger partial charge is 0.297 e. The number of thiazole rings is 1. The molecule has 1 fully saturated rings. The Kier molecular flexibility index (Phi) is 3.84. The Balaban J connectivity index is 1.65. The Hall–Kier alpha value is -1.33. The van der Waals surface area contributed by atoms with E-state index in [-0.39, 0.29) is 0 Å². The van der Waals surface area contributed by atoms with E-state index < -0.39 is 0 Å². The molecule has 0 amide bonds. The van der Waals surface area contributed by atoms with Gasteiger partial charge in [-0.25, -0.2) is 4.98 Å². The third kappa shape index (κ3) is 3.16. The number of likely N-dealkylation sites (tertiary alicyclic amines) is 1. The predicted molar refractivity (Wildman–Crippen MR) is 76.1 cm³/mol. The fourth-order valence-electron chi connectivity index (χ4n) is 2.60. The van der Waals surface area contributed by atoms with Gasteiger partial charge in [-0.05, 0) is 26.3 Å². The Labute approximate surface area is 117 Å². The first-order chi connectivity index (χ1) is 9.31. The highest BCUT2D eigenvalue weighted by molar-refractivity contribution is 7.11. The fourth-order valence-corrected chi connectivity index (χ4v) is 3.50. The SMILES string of the molecule is Cc1cnc([C@H]2CCCN(Cc3cnccn3)C2)s1. The van der Waals surface area contributed by atoms with Crippen molar-refractivity contribution in [3.05, 3.63) is 40.4 Å². The second-order valence-corrected chi connectivity index (χ2v) is 6.35. The number of hydrogen-bond acceptors (Lipinski definition) is 5. The van der Waals surface area contributed by atoms with Crippen LogP contribution in [0.4, 0.5) is 0 Å². The summed E-state index contributed by atoms with van der Waals surface area (Å²) in [5, 5.41) is 1.29. The van der Waals surface area contributed by atoms with Gasteiger partial charge in [0.25, 0.3) is 0 Å². The summed E-state index contributed by atoms with van der Waals surface area (Å²) in [6, 6.07) is 0. The molecular formula is C14H18N4S. The molecule has 1 saturated heterocycles. The Morgan fingerprint density at radius 2 is 2.26 bits per heavy atom. The van der Waals surface area contributed by atoms with Gasteiger partial charge in [0.2, 0.25) is 0 Å². The van der Waals surface area contributed by atoms with E-state index in [0.29, 0.717) is 5.92 Å². The van der Waals surface area contributed by atoms with E-state index in [0.717, 1.165) is 25.3 Å². The van der Waals surface area contributed by atoms with Crippen LogP contribution in [-0.2, 0) is 6.54 Å². The lowest BCUT2D eigenvalue weighted by Crippen LogP contribution is -2.34. The maximum atomic E-state index is 4.54. The second kappa shape index (κ2) is 5.75. The monoisotopic (exact) mass is 274 g/mol. The van der Waals surface area contributed by atoms with Crippen molar-refractivity contribution in [3.8, 4) is 0 Å². The first-order valence-corrected chi connectivity index (χ1v) is 7.52. The Morgan fingerprint density at radius 1 is 1.32 bits per heavy atom. The van der Waals surface area contributed by atoms with Crippen LogP contribution in [0.5, 0.6) is 0 Å². The van der Waals surface area contributed by atoms with Gasteiger partial charge in [-0.2, -0.15) is 0 Å². The van der Waals surface area contributed by atoms with Gasteiger partial charge in [-0.15, -0.1) is 11.3 Å². The molecule has 3 rings (SSSR count). The summed E-state index contributed by atoms with van der Waals surface area (Å²) in [5.41, 5.74) is 1.05. The number of aryl methyl sites for hydroxylation is 1. The van der Waals surface area contributed by atoms with E-state index in [1.807, 2.05) is 23.7 Å². The van der Waals surface area contributed by atoms with Gasteiger partial charge in [0.1, 0.15) is 0 Å². The standard InChI is InChI=1S/C14H18N4S/c1-11-7-17-14(19-11)12-3-2-6-18(9-12)10-13-8-15-4-5-16-13/h4-5,7-8,12H,2-3,6,9-10H2,1H3/t12-/m0/s1. The summed E-state index contributed by atoms with van der Waals surface area (Å²) in [5.74, 6) is 0.587. The topological polar surface area (TPSA) is 41.9 Å². The normalized spacial score (nSPS) is 20.6. The van der Waals surface area contributed by atoms with Crippen LogP contribution in [0.1, 0.15) is 34.3 Å². The van der Waals surface area contributed by atoms with E-state index in [1.54, 1.807) is 12.4 Å². The van der Waals surface area contributed by atoms with Gasteiger partial charge in [-0.3, -0.25) is 14.9 Å². The molecule has 5 heteroatoms. The van der Waals surface area contributed by atoms with Gasteiger partial charge >= 0.3 is 0 Å². The summed E-state index contributed by atoms with van der Waals surface area (Å²) in [6.07, 6.45) is 9.83. The lowest BCUT2D eigenvalue weighted by molar-refractivity contribution is 0.198. The molecule has 3 heterocycles. The van der Waals surface area contributed by atoms with Gasteiger partial charge in [-0.1, -0.05) is 0 Å². The molecule has 1 aliphatic rings. The van der Waals surface area contributed by atoms with E-state index >= 15 is 0 Å². The van der Waals surface area contributed by atoms with Crippen molar-refractivity contribution in [1.82, 2.24) is 19.9 Å². The lowest BCUT2D eigenvalue weighted by atomic mass is 9.98. The van der Waals surface area contributed by atoms with Crippen LogP contribution in [-0.4, -0.2) is 32.9 Å². The quantitative estimate of drug-likeness (QED) is 0.863. The summed E-state index contributed by atoms with van der Waals surface area (Å²) < 4.78 is 0. The van der Waals surface area contributed by atoms with Gasteiger partial charge < -0.3 is 0 Å². The number of piperidine rings is 1.